The lowest BCUT2D eigenvalue weighted by atomic mass is 10.1. The molecule has 0 N–H and O–H groups in total. The average molecular weight is 275 g/mol. The first-order valence-corrected chi connectivity index (χ1v) is 7.34. The molecule has 108 valence electrons. The lowest BCUT2D eigenvalue weighted by Gasteiger charge is -2.39. The van der Waals surface area contributed by atoms with Gasteiger partial charge in [0.1, 0.15) is 12.2 Å². The van der Waals surface area contributed by atoms with Crippen molar-refractivity contribution in [1.29, 1.82) is 0 Å². The highest BCUT2D eigenvalue weighted by Gasteiger charge is 2.35. The molecule has 0 unspecified atom stereocenters. The maximum absolute atomic E-state index is 12.5. The second-order valence-corrected chi connectivity index (χ2v) is 5.57. The summed E-state index contributed by atoms with van der Waals surface area (Å²) in [5.74, 6) is 0.124. The van der Waals surface area contributed by atoms with E-state index in [1.807, 2.05) is 30.0 Å². The Bertz CT molecular complexity index is 456. The Hall–Kier alpha value is -1.39. The van der Waals surface area contributed by atoms with Crippen molar-refractivity contribution in [2.24, 2.45) is 0 Å². The lowest BCUT2D eigenvalue weighted by molar-refractivity contribution is -0.154. The van der Waals surface area contributed by atoms with E-state index in [4.69, 9.17) is 9.47 Å². The third kappa shape index (κ3) is 2.72. The molecule has 2 heterocycles. The van der Waals surface area contributed by atoms with Gasteiger partial charge in [0.2, 0.25) is 0 Å². The third-order valence-corrected chi connectivity index (χ3v) is 4.09. The second kappa shape index (κ2) is 5.94. The number of carbonyl (C=O) groups excluding carboxylic acids is 1. The summed E-state index contributed by atoms with van der Waals surface area (Å²) in [7, 11) is 0. The lowest BCUT2D eigenvalue weighted by Crippen LogP contribution is -2.51. The van der Waals surface area contributed by atoms with Crippen LogP contribution in [0.5, 0.6) is 0 Å². The highest BCUT2D eigenvalue weighted by Crippen LogP contribution is 2.26. The van der Waals surface area contributed by atoms with Crippen LogP contribution in [0.1, 0.15) is 31.4 Å². The molecule has 4 heteroatoms. The molecular formula is C16H21NO3. The molecule has 0 aliphatic carbocycles. The molecule has 0 spiro atoms. The minimum atomic E-state index is -0.244. The average Bonchev–Trinajstić information content (AvgIpc) is 3.02. The van der Waals surface area contributed by atoms with Crippen LogP contribution in [-0.4, -0.2) is 42.7 Å². The molecular weight excluding hydrogens is 254 g/mol. The first kappa shape index (κ1) is 13.6. The first-order valence-electron chi connectivity index (χ1n) is 7.34. The van der Waals surface area contributed by atoms with Crippen LogP contribution < -0.4 is 0 Å². The number of morpholine rings is 1. The molecule has 1 amide bonds. The fourth-order valence-corrected chi connectivity index (χ4v) is 2.89. The van der Waals surface area contributed by atoms with Crippen LogP contribution in [0.25, 0.3) is 0 Å². The predicted molar refractivity (Wildman–Crippen MR) is 75.3 cm³/mol. The number of amides is 1. The van der Waals surface area contributed by atoms with Gasteiger partial charge in [0.15, 0.2) is 0 Å². The molecule has 4 nitrogen and oxygen atoms in total. The van der Waals surface area contributed by atoms with Gasteiger partial charge in [-0.3, -0.25) is 4.79 Å². The Labute approximate surface area is 119 Å². The smallest absolute Gasteiger partial charge is 0.252 e. The number of carbonyl (C=O) groups is 1. The van der Waals surface area contributed by atoms with E-state index in [9.17, 15) is 4.79 Å². The van der Waals surface area contributed by atoms with E-state index < -0.39 is 0 Å². The highest BCUT2D eigenvalue weighted by molar-refractivity contribution is 5.81. The minimum absolute atomic E-state index is 0.0299. The molecule has 3 rings (SSSR count). The zero-order valence-corrected chi connectivity index (χ0v) is 11.8. The van der Waals surface area contributed by atoms with E-state index in [0.717, 1.165) is 18.4 Å². The summed E-state index contributed by atoms with van der Waals surface area (Å²) in [4.78, 5) is 14.5. The van der Waals surface area contributed by atoms with Crippen LogP contribution in [0.2, 0.25) is 0 Å². The van der Waals surface area contributed by atoms with Crippen molar-refractivity contribution in [2.75, 3.05) is 19.8 Å². The normalized spacial score (nSPS) is 30.4. The Morgan fingerprint density at radius 3 is 2.75 bits per heavy atom. The monoisotopic (exact) mass is 275 g/mol. The van der Waals surface area contributed by atoms with Gasteiger partial charge in [0.25, 0.3) is 5.91 Å². The summed E-state index contributed by atoms with van der Waals surface area (Å²) in [5.41, 5.74) is 1.13. The van der Waals surface area contributed by atoms with Gasteiger partial charge in [-0.1, -0.05) is 30.3 Å². The Morgan fingerprint density at radius 1 is 1.25 bits per heavy atom. The van der Waals surface area contributed by atoms with Gasteiger partial charge in [-0.05, 0) is 25.3 Å². The second-order valence-electron chi connectivity index (χ2n) is 5.57. The van der Waals surface area contributed by atoms with Gasteiger partial charge in [-0.15, -0.1) is 0 Å². The van der Waals surface area contributed by atoms with Crippen LogP contribution >= 0.6 is 0 Å². The Morgan fingerprint density at radius 2 is 2.05 bits per heavy atom. The van der Waals surface area contributed by atoms with Crippen molar-refractivity contribution in [3.8, 4) is 0 Å². The molecule has 0 bridgehead atoms. The van der Waals surface area contributed by atoms with E-state index >= 15 is 0 Å². The van der Waals surface area contributed by atoms with E-state index in [0.29, 0.717) is 19.8 Å². The quantitative estimate of drug-likeness (QED) is 0.830. The van der Waals surface area contributed by atoms with Crippen LogP contribution in [0.15, 0.2) is 30.3 Å². The zero-order chi connectivity index (χ0) is 13.9. The van der Waals surface area contributed by atoms with Crippen molar-refractivity contribution >= 4 is 5.91 Å². The highest BCUT2D eigenvalue weighted by atomic mass is 16.5. The summed E-state index contributed by atoms with van der Waals surface area (Å²) in [6.07, 6.45) is 1.56. The molecule has 0 aromatic heterocycles. The predicted octanol–water partition coefficient (Wildman–Crippen LogP) is 2.15. The van der Waals surface area contributed by atoms with Crippen molar-refractivity contribution in [1.82, 2.24) is 4.90 Å². The number of rotatable bonds is 2. The van der Waals surface area contributed by atoms with Crippen molar-refractivity contribution in [3.63, 3.8) is 0 Å². The fraction of sp³-hybridized carbons (Fsp3) is 0.562. The maximum atomic E-state index is 12.5. The molecule has 2 aliphatic rings. The van der Waals surface area contributed by atoms with E-state index in [1.165, 1.54) is 0 Å². The van der Waals surface area contributed by atoms with Gasteiger partial charge < -0.3 is 14.4 Å². The standard InChI is InChI=1S/C16H21NO3/c1-12-11-20-15(13-6-3-2-4-7-13)10-17(12)16(18)14-8-5-9-19-14/h2-4,6-7,12,14-15H,5,8-11H2,1H3/t12-,14-,15+/m0/s1. The Kier molecular flexibility index (Phi) is 4.03. The van der Waals surface area contributed by atoms with Gasteiger partial charge in [0, 0.05) is 6.61 Å². The van der Waals surface area contributed by atoms with Gasteiger partial charge in [-0.2, -0.15) is 0 Å². The maximum Gasteiger partial charge on any atom is 0.252 e. The molecule has 1 aromatic rings. The number of hydrogen-bond acceptors (Lipinski definition) is 3. The summed E-state index contributed by atoms with van der Waals surface area (Å²) < 4.78 is 11.4. The van der Waals surface area contributed by atoms with Gasteiger partial charge >= 0.3 is 0 Å². The fourth-order valence-electron chi connectivity index (χ4n) is 2.89. The van der Waals surface area contributed by atoms with Gasteiger partial charge in [0.05, 0.1) is 19.2 Å². The molecule has 0 saturated carbocycles. The number of hydrogen-bond donors (Lipinski definition) is 0. The molecule has 1 aromatic carbocycles. The molecule has 0 radical (unpaired) electrons. The first-order chi connectivity index (χ1) is 9.75. The van der Waals surface area contributed by atoms with Crippen LogP contribution in [-0.2, 0) is 14.3 Å². The Balaban J connectivity index is 1.71. The van der Waals surface area contributed by atoms with Crippen molar-refractivity contribution in [3.05, 3.63) is 35.9 Å². The largest absolute Gasteiger partial charge is 0.370 e. The summed E-state index contributed by atoms with van der Waals surface area (Å²) in [6.45, 7) is 3.94. The van der Waals surface area contributed by atoms with Gasteiger partial charge in [-0.25, -0.2) is 0 Å². The van der Waals surface area contributed by atoms with Crippen LogP contribution in [0.3, 0.4) is 0 Å². The zero-order valence-electron chi connectivity index (χ0n) is 11.8. The van der Waals surface area contributed by atoms with E-state index in [1.54, 1.807) is 0 Å². The van der Waals surface area contributed by atoms with Crippen molar-refractivity contribution < 1.29 is 14.3 Å². The minimum Gasteiger partial charge on any atom is -0.370 e. The molecule has 2 aliphatic heterocycles. The SMILES string of the molecule is C[C@H]1CO[C@@H](c2ccccc2)CN1C(=O)[C@@H]1CCCO1. The number of nitrogens with zero attached hydrogens (tertiary/aromatic N) is 1. The van der Waals surface area contributed by atoms with E-state index in [-0.39, 0.29) is 24.2 Å². The summed E-state index contributed by atoms with van der Waals surface area (Å²) >= 11 is 0. The molecule has 3 atom stereocenters. The summed E-state index contributed by atoms with van der Waals surface area (Å²) in [6, 6.07) is 10.2. The van der Waals surface area contributed by atoms with E-state index in [2.05, 4.69) is 12.1 Å². The van der Waals surface area contributed by atoms with Crippen molar-refractivity contribution in [2.45, 2.75) is 38.0 Å². The molecule has 2 fully saturated rings. The van der Waals surface area contributed by atoms with Crippen LogP contribution in [0, 0.1) is 0 Å². The topological polar surface area (TPSA) is 38.8 Å². The molecule has 2 saturated heterocycles. The third-order valence-electron chi connectivity index (χ3n) is 4.09. The van der Waals surface area contributed by atoms with Crippen LogP contribution in [0.4, 0.5) is 0 Å². The number of benzene rings is 1. The summed E-state index contributed by atoms with van der Waals surface area (Å²) in [5, 5.41) is 0. The molecule has 20 heavy (non-hydrogen) atoms. The number of ether oxygens (including phenoxy) is 2.